The summed E-state index contributed by atoms with van der Waals surface area (Å²) in [4.78, 5) is 13.9. The van der Waals surface area contributed by atoms with Crippen LogP contribution >= 0.6 is 0 Å². The second kappa shape index (κ2) is 7.60. The molecule has 10 heteroatoms. The number of alkyl halides is 3. The van der Waals surface area contributed by atoms with Gasteiger partial charge < -0.3 is 25.0 Å². The summed E-state index contributed by atoms with van der Waals surface area (Å²) in [6.45, 7) is 5.19. The smallest absolute Gasteiger partial charge is 0.356 e. The van der Waals surface area contributed by atoms with E-state index in [9.17, 15) is 33.3 Å². The van der Waals surface area contributed by atoms with Crippen LogP contribution in [0.15, 0.2) is 18.2 Å². The molecule has 0 aromatic heterocycles. The Balaban J connectivity index is 2.26. The Bertz CT molecular complexity index is 731. The molecule has 0 radical (unpaired) electrons. The molecule has 1 aromatic rings. The average Bonchev–Trinajstić information content (AvgIpc) is 2.64. The van der Waals surface area contributed by atoms with Crippen LogP contribution in [0.4, 0.5) is 18.9 Å². The summed E-state index contributed by atoms with van der Waals surface area (Å²) >= 11 is 0. The summed E-state index contributed by atoms with van der Waals surface area (Å²) in [5.74, 6) is -4.40. The van der Waals surface area contributed by atoms with Gasteiger partial charge in [0.2, 0.25) is 12.3 Å². The van der Waals surface area contributed by atoms with E-state index >= 15 is 0 Å². The number of hydrogen-bond donors (Lipinski definition) is 4. The van der Waals surface area contributed by atoms with Crippen LogP contribution in [0.5, 0.6) is 0 Å². The molecule has 0 aliphatic carbocycles. The van der Waals surface area contributed by atoms with Gasteiger partial charge in [0.25, 0.3) is 5.79 Å². The molecule has 0 bridgehead atoms. The van der Waals surface area contributed by atoms with Gasteiger partial charge in [-0.15, -0.1) is 0 Å². The Labute approximate surface area is 160 Å². The molecule has 1 aromatic carbocycles. The van der Waals surface area contributed by atoms with Crippen molar-refractivity contribution in [1.29, 1.82) is 0 Å². The monoisotopic (exact) mass is 406 g/mol. The summed E-state index contributed by atoms with van der Waals surface area (Å²) in [6.07, 6.45) is -6.34. The van der Waals surface area contributed by atoms with Crippen LogP contribution in [-0.2, 0) is 21.7 Å². The van der Waals surface area contributed by atoms with Crippen molar-refractivity contribution in [2.24, 2.45) is 0 Å². The van der Waals surface area contributed by atoms with Crippen LogP contribution in [0, 0.1) is 0 Å². The van der Waals surface area contributed by atoms with Gasteiger partial charge in [0, 0.05) is 18.3 Å². The first-order valence-corrected chi connectivity index (χ1v) is 8.68. The van der Waals surface area contributed by atoms with Gasteiger partial charge in [-0.1, -0.05) is 6.07 Å². The lowest BCUT2D eigenvalue weighted by Gasteiger charge is -2.28. The predicted octanol–water partition coefficient (Wildman–Crippen LogP) is 1.34. The number of nitrogens with zero attached hydrogens (tertiary/aromatic N) is 1. The minimum absolute atomic E-state index is 0.167. The number of carbonyl (C=O) groups is 1. The highest BCUT2D eigenvalue weighted by molar-refractivity contribution is 5.98. The van der Waals surface area contributed by atoms with Crippen LogP contribution < -0.4 is 10.2 Å². The number of aliphatic hydroxyl groups is 3. The SMILES string of the molecule is CN1C(=O)C(NC(O)OC(C)(C)C)CCc2cc(C(O)(O)C(F)(F)F)ccc21. The Kier molecular flexibility index (Phi) is 6.13. The fourth-order valence-electron chi connectivity index (χ4n) is 2.96. The average molecular weight is 406 g/mol. The van der Waals surface area contributed by atoms with Gasteiger partial charge in [0.15, 0.2) is 0 Å². The number of carbonyl (C=O) groups excluding carboxylic acids is 1. The van der Waals surface area contributed by atoms with E-state index in [4.69, 9.17) is 4.74 Å². The van der Waals surface area contributed by atoms with Crippen LogP contribution in [-0.4, -0.2) is 52.5 Å². The zero-order valence-corrected chi connectivity index (χ0v) is 16.0. The first-order chi connectivity index (χ1) is 12.6. The summed E-state index contributed by atoms with van der Waals surface area (Å²) in [6, 6.07) is 2.34. The van der Waals surface area contributed by atoms with Gasteiger partial charge in [-0.3, -0.25) is 10.1 Å². The molecule has 1 heterocycles. The summed E-state index contributed by atoms with van der Waals surface area (Å²) < 4.78 is 44.0. The number of amides is 1. The normalized spacial score (nSPS) is 20.0. The quantitative estimate of drug-likeness (QED) is 0.563. The van der Waals surface area contributed by atoms with E-state index in [2.05, 4.69) is 5.32 Å². The highest BCUT2D eigenvalue weighted by atomic mass is 19.4. The zero-order chi connectivity index (χ0) is 21.5. The van der Waals surface area contributed by atoms with Crippen molar-refractivity contribution in [3.63, 3.8) is 0 Å². The number of nitrogens with one attached hydrogen (secondary N) is 1. The molecule has 4 N–H and O–H groups in total. The number of rotatable bonds is 4. The minimum Gasteiger partial charge on any atom is -0.356 e. The van der Waals surface area contributed by atoms with E-state index in [0.717, 1.165) is 12.1 Å². The largest absolute Gasteiger partial charge is 0.447 e. The van der Waals surface area contributed by atoms with E-state index in [0.29, 0.717) is 11.3 Å². The number of fused-ring (bicyclic) bond motifs is 1. The third-order valence-corrected chi connectivity index (χ3v) is 4.38. The van der Waals surface area contributed by atoms with E-state index in [1.54, 1.807) is 20.8 Å². The van der Waals surface area contributed by atoms with E-state index in [1.165, 1.54) is 18.0 Å². The molecule has 2 atom stereocenters. The molecule has 0 fully saturated rings. The van der Waals surface area contributed by atoms with Gasteiger partial charge in [0.05, 0.1) is 11.6 Å². The summed E-state index contributed by atoms with van der Waals surface area (Å²) in [5.41, 5.74) is -0.697. The maximum atomic E-state index is 12.9. The van der Waals surface area contributed by atoms with Crippen molar-refractivity contribution in [3.05, 3.63) is 29.3 Å². The fraction of sp³-hybridized carbons (Fsp3) is 0.611. The lowest BCUT2D eigenvalue weighted by atomic mass is 9.98. The maximum absolute atomic E-state index is 12.9. The molecule has 7 nitrogen and oxygen atoms in total. The number of likely N-dealkylation sites (N-methyl/N-ethyl adjacent to an activating group) is 1. The van der Waals surface area contributed by atoms with Crippen molar-refractivity contribution in [1.82, 2.24) is 5.32 Å². The van der Waals surface area contributed by atoms with Gasteiger partial charge in [-0.2, -0.15) is 13.2 Å². The molecule has 0 saturated carbocycles. The zero-order valence-electron chi connectivity index (χ0n) is 16.0. The molecule has 158 valence electrons. The lowest BCUT2D eigenvalue weighted by Crippen LogP contribution is -2.50. The number of anilines is 1. The van der Waals surface area contributed by atoms with Gasteiger partial charge in [-0.25, -0.2) is 0 Å². The number of benzene rings is 1. The van der Waals surface area contributed by atoms with Crippen LogP contribution in [0.25, 0.3) is 0 Å². The Hall–Kier alpha value is -1.72. The summed E-state index contributed by atoms with van der Waals surface area (Å²) in [7, 11) is 1.45. The highest BCUT2D eigenvalue weighted by Gasteiger charge is 2.54. The van der Waals surface area contributed by atoms with Crippen molar-refractivity contribution >= 4 is 11.6 Å². The molecule has 2 unspecified atom stereocenters. The van der Waals surface area contributed by atoms with Gasteiger partial charge in [-0.05, 0) is 51.3 Å². The molecule has 28 heavy (non-hydrogen) atoms. The molecule has 0 saturated heterocycles. The molecule has 1 aliphatic rings. The Morgan fingerprint density at radius 2 is 1.86 bits per heavy atom. The highest BCUT2D eigenvalue weighted by Crippen LogP contribution is 2.38. The number of aryl methyl sites for hydroxylation is 1. The maximum Gasteiger partial charge on any atom is 0.447 e. The number of aliphatic hydroxyl groups excluding tert-OH is 1. The first-order valence-electron chi connectivity index (χ1n) is 8.68. The predicted molar refractivity (Wildman–Crippen MR) is 94.1 cm³/mol. The van der Waals surface area contributed by atoms with E-state index in [1.807, 2.05) is 0 Å². The third-order valence-electron chi connectivity index (χ3n) is 4.38. The summed E-state index contributed by atoms with van der Waals surface area (Å²) in [5, 5.41) is 31.6. The van der Waals surface area contributed by atoms with E-state index in [-0.39, 0.29) is 12.8 Å². The lowest BCUT2D eigenvalue weighted by molar-refractivity contribution is -0.358. The first kappa shape index (κ1) is 22.6. The second-order valence-electron chi connectivity index (χ2n) is 7.75. The van der Waals surface area contributed by atoms with Crippen LogP contribution in [0.3, 0.4) is 0 Å². The van der Waals surface area contributed by atoms with Crippen LogP contribution in [0.1, 0.15) is 38.3 Å². The Morgan fingerprint density at radius 3 is 2.39 bits per heavy atom. The number of ether oxygens (including phenoxy) is 1. The van der Waals surface area contributed by atoms with Crippen molar-refractivity contribution in [2.75, 3.05) is 11.9 Å². The van der Waals surface area contributed by atoms with Gasteiger partial charge >= 0.3 is 6.18 Å². The molecule has 1 aliphatic heterocycles. The van der Waals surface area contributed by atoms with Crippen LogP contribution in [0.2, 0.25) is 0 Å². The van der Waals surface area contributed by atoms with Crippen molar-refractivity contribution in [2.45, 2.75) is 63.6 Å². The molecular weight excluding hydrogens is 381 g/mol. The minimum atomic E-state index is -5.27. The third kappa shape index (κ3) is 4.81. The topological polar surface area (TPSA) is 102 Å². The van der Waals surface area contributed by atoms with Gasteiger partial charge in [0.1, 0.15) is 0 Å². The second-order valence-corrected chi connectivity index (χ2v) is 7.75. The van der Waals surface area contributed by atoms with Crippen molar-refractivity contribution in [3.8, 4) is 0 Å². The van der Waals surface area contributed by atoms with Crippen molar-refractivity contribution < 1.29 is 38.0 Å². The molecule has 1 amide bonds. The fourth-order valence-corrected chi connectivity index (χ4v) is 2.96. The standard InChI is InChI=1S/C18H25F3N2O5/c1-16(2,3)28-15(25)22-12-7-5-10-9-11(17(26,27)18(19,20)21)6-8-13(10)23(4)14(12)24/h6,8-9,12,15,22,25-27H,5,7H2,1-4H3. The molecular formula is C18H25F3N2O5. The van der Waals surface area contributed by atoms with E-state index < -0.39 is 41.5 Å². The molecule has 0 spiro atoms. The number of hydrogen-bond acceptors (Lipinski definition) is 6. The molecule has 2 rings (SSSR count). The number of halogens is 3. The Morgan fingerprint density at radius 1 is 1.25 bits per heavy atom.